The quantitative estimate of drug-likeness (QED) is 0.0446. The average Bonchev–Trinajstić information content (AvgIpc) is 3.23. The Hall–Kier alpha value is -6.41. The van der Waals surface area contributed by atoms with Crippen LogP contribution < -0.4 is 37.5 Å². The number of halogens is 6. The van der Waals surface area contributed by atoms with E-state index in [1.54, 1.807) is 0 Å². The highest BCUT2D eigenvalue weighted by Crippen LogP contribution is 2.37. The Morgan fingerprint density at radius 3 is 1.60 bits per heavy atom. The van der Waals surface area contributed by atoms with E-state index in [4.69, 9.17) is 31.9 Å². The van der Waals surface area contributed by atoms with Crippen molar-refractivity contribution in [2.24, 2.45) is 11.5 Å². The lowest BCUT2D eigenvalue weighted by Crippen LogP contribution is -2.49. The van der Waals surface area contributed by atoms with Crippen molar-refractivity contribution in [1.29, 1.82) is 0 Å². The molecule has 4 amide bonds. The van der Waals surface area contributed by atoms with Gasteiger partial charge in [0.1, 0.15) is 61.1 Å². The molecule has 2 rings (SSSR count). The number of nitrogens with one attached hydrogen (secondary N) is 4. The molecular formula is C36H44F6N10O14S2. The number of aromatic nitrogens is 4. The molecule has 68 heavy (non-hydrogen) atoms. The summed E-state index contributed by atoms with van der Waals surface area (Å²) in [6.07, 6.45) is -13.4. The van der Waals surface area contributed by atoms with Gasteiger partial charge >= 0.3 is 36.4 Å². The number of carboxylic acids is 4. The van der Waals surface area contributed by atoms with Crippen molar-refractivity contribution in [2.75, 3.05) is 24.6 Å². The van der Waals surface area contributed by atoms with Crippen LogP contribution in [0, 0.1) is 0 Å². The molecule has 0 spiro atoms. The van der Waals surface area contributed by atoms with Gasteiger partial charge in [-0.25, -0.2) is 15.0 Å². The Balaban J connectivity index is 2.59. The Bertz CT molecular complexity index is 1980. The second-order valence-corrected chi connectivity index (χ2v) is 16.5. The Morgan fingerprint density at radius 2 is 1.15 bits per heavy atom. The monoisotopic (exact) mass is 1020 g/mol. The molecule has 2 heterocycles. The fourth-order valence-electron chi connectivity index (χ4n) is 5.23. The molecule has 6 atom stereocenters. The molecule has 0 fully saturated rings. The minimum absolute atomic E-state index is 0.248. The second kappa shape index (κ2) is 27.4. The summed E-state index contributed by atoms with van der Waals surface area (Å²) in [5.74, 6) is -14.4. The van der Waals surface area contributed by atoms with E-state index >= 15 is 0 Å². The van der Waals surface area contributed by atoms with Gasteiger partial charge in [0.25, 0.3) is 0 Å². The first-order chi connectivity index (χ1) is 31.6. The molecule has 0 saturated carbocycles. The van der Waals surface area contributed by atoms with Gasteiger partial charge in [0, 0.05) is 55.6 Å². The summed E-state index contributed by atoms with van der Waals surface area (Å²) in [7, 11) is 0. The van der Waals surface area contributed by atoms with Crippen LogP contribution in [0.3, 0.4) is 0 Å². The first kappa shape index (κ1) is 57.7. The molecule has 0 saturated heterocycles. The van der Waals surface area contributed by atoms with E-state index < -0.39 is 188 Å². The number of alkyl halides is 6. The van der Waals surface area contributed by atoms with Crippen LogP contribution >= 0.6 is 23.5 Å². The standard InChI is InChI=1S/C36H44F6N10O14S2/c37-35(38,39)11-24-45-7-5-19(49-24)22(67-14-20(31(60)47-12-28(56)57)50-25(54)3-1-17(43)33(62)63)9-16(53)10-23(30-46-8-6-27(52-30)66-36(40,41)42)68-15-21(32(61)48-13-29(58)59)51-26(55)4-2-18(44)34(64)65/h5-8,17-18,20-23H,1-4,9-15,43-44H2,(H,47,60)(H,48,61)(H,50,54)(H,51,55)(H,56,57)(H,58,59)(H,62,63)(H,64,65)/t17-,18+,20-,21-,22?,23?/m0/s1. The van der Waals surface area contributed by atoms with Crippen LogP contribution in [-0.2, 0) is 49.6 Å². The number of nitrogens with zero attached hydrogens (tertiary/aromatic N) is 4. The zero-order valence-electron chi connectivity index (χ0n) is 35.0. The Labute approximate surface area is 387 Å². The molecule has 0 aliphatic carbocycles. The molecule has 24 nitrogen and oxygen atoms in total. The fraction of sp³-hybridized carbons (Fsp3) is 0.528. The van der Waals surface area contributed by atoms with Crippen LogP contribution in [0.15, 0.2) is 24.5 Å². The van der Waals surface area contributed by atoms with Gasteiger partial charge in [-0.3, -0.25) is 43.2 Å². The number of nitrogens with two attached hydrogens (primary N) is 2. The summed E-state index contributed by atoms with van der Waals surface area (Å²) in [4.78, 5) is 126. The highest BCUT2D eigenvalue weighted by molar-refractivity contribution is 7.99. The number of carbonyl (C=O) groups excluding carboxylic acids is 5. The molecule has 2 aromatic rings. The van der Waals surface area contributed by atoms with Crippen LogP contribution in [-0.4, -0.2) is 155 Å². The van der Waals surface area contributed by atoms with Gasteiger partial charge in [-0.15, -0.1) is 36.7 Å². The maximum Gasteiger partial charge on any atom is 0.574 e. The fourth-order valence-corrected chi connectivity index (χ4v) is 7.72. The lowest BCUT2D eigenvalue weighted by molar-refractivity contribution is -0.276. The van der Waals surface area contributed by atoms with E-state index in [-0.39, 0.29) is 5.69 Å². The summed E-state index contributed by atoms with van der Waals surface area (Å²) in [6.45, 7) is -1.91. The van der Waals surface area contributed by atoms with E-state index in [1.807, 2.05) is 10.6 Å². The van der Waals surface area contributed by atoms with Crippen LogP contribution in [0.4, 0.5) is 26.3 Å². The number of thioether (sulfide) groups is 2. The molecule has 0 aliphatic heterocycles. The van der Waals surface area contributed by atoms with E-state index in [0.29, 0.717) is 29.6 Å². The highest BCUT2D eigenvalue weighted by Gasteiger charge is 2.34. The van der Waals surface area contributed by atoms with Gasteiger partial charge in [0.15, 0.2) is 0 Å². The Morgan fingerprint density at radius 1 is 0.676 bits per heavy atom. The van der Waals surface area contributed by atoms with Gasteiger partial charge in [-0.1, -0.05) is 0 Å². The molecule has 0 aliphatic rings. The molecule has 2 aromatic heterocycles. The van der Waals surface area contributed by atoms with Crippen molar-refractivity contribution in [1.82, 2.24) is 41.2 Å². The first-order valence-corrected chi connectivity index (χ1v) is 21.5. The van der Waals surface area contributed by atoms with Crippen LogP contribution in [0.2, 0.25) is 0 Å². The van der Waals surface area contributed by atoms with Crippen molar-refractivity contribution in [3.63, 3.8) is 0 Å². The predicted molar refractivity (Wildman–Crippen MR) is 220 cm³/mol. The van der Waals surface area contributed by atoms with Crippen molar-refractivity contribution >= 4 is 76.8 Å². The number of amides is 4. The minimum atomic E-state index is -5.27. The third-order valence-corrected chi connectivity index (χ3v) is 11.1. The predicted octanol–water partition coefficient (Wildman–Crippen LogP) is -0.376. The molecule has 0 aromatic carbocycles. The molecule has 0 radical (unpaired) electrons. The minimum Gasteiger partial charge on any atom is -0.480 e. The number of rotatable bonds is 30. The van der Waals surface area contributed by atoms with Gasteiger partial charge in [-0.05, 0) is 18.9 Å². The normalized spacial score (nSPS) is 14.2. The molecular weight excluding hydrogens is 975 g/mol. The van der Waals surface area contributed by atoms with E-state index in [1.165, 1.54) is 0 Å². The SMILES string of the molecule is N[C@H](CCC(=O)N[C@@H](CSC(CC(=O)CC(SC[C@H](NC(=O)CC[C@H](N)C(=O)O)C(=O)NCC(=O)O)c1ccnc(CC(F)(F)F)n1)c1nccc(OC(F)(F)F)n1)C(=O)NCC(=O)O)C(=O)O. The second-order valence-electron chi connectivity index (χ2n) is 14.0. The van der Waals surface area contributed by atoms with Crippen molar-refractivity contribution in [3.05, 3.63) is 41.9 Å². The number of ketones is 1. The molecule has 0 bridgehead atoms. The molecule has 376 valence electrons. The maximum absolute atomic E-state index is 14.0. The number of Topliss-reactive ketones (excluding diaryl/α,β-unsaturated/α-hetero) is 1. The summed E-state index contributed by atoms with van der Waals surface area (Å²) in [5.41, 5.74) is 10.6. The lowest BCUT2D eigenvalue weighted by Gasteiger charge is -2.23. The zero-order valence-corrected chi connectivity index (χ0v) is 36.6. The maximum atomic E-state index is 14.0. The number of ether oxygens (including phenoxy) is 1. The largest absolute Gasteiger partial charge is 0.574 e. The van der Waals surface area contributed by atoms with Gasteiger partial charge in [-0.2, -0.15) is 18.2 Å². The van der Waals surface area contributed by atoms with Crippen molar-refractivity contribution < 1.29 is 94.7 Å². The van der Waals surface area contributed by atoms with Crippen LogP contribution in [0.1, 0.15) is 66.4 Å². The van der Waals surface area contributed by atoms with Crippen molar-refractivity contribution in [3.8, 4) is 5.88 Å². The van der Waals surface area contributed by atoms with Crippen LogP contribution in [0.25, 0.3) is 0 Å². The smallest absolute Gasteiger partial charge is 0.480 e. The summed E-state index contributed by atoms with van der Waals surface area (Å²) in [5, 5.41) is 42.1. The number of carbonyl (C=O) groups is 9. The third kappa shape index (κ3) is 23.4. The van der Waals surface area contributed by atoms with E-state index in [2.05, 4.69) is 35.3 Å². The molecule has 32 heteroatoms. The van der Waals surface area contributed by atoms with E-state index in [0.717, 1.165) is 18.5 Å². The van der Waals surface area contributed by atoms with Gasteiger partial charge in [0.05, 0.1) is 16.2 Å². The highest BCUT2D eigenvalue weighted by atomic mass is 32.2. The Kier molecular flexibility index (Phi) is 23.3. The number of hydrogen-bond donors (Lipinski definition) is 10. The third-order valence-electron chi connectivity index (χ3n) is 8.46. The molecule has 12 N–H and O–H groups in total. The first-order valence-electron chi connectivity index (χ1n) is 19.4. The summed E-state index contributed by atoms with van der Waals surface area (Å²) < 4.78 is 83.7. The van der Waals surface area contributed by atoms with Gasteiger partial charge in [0.2, 0.25) is 29.5 Å². The van der Waals surface area contributed by atoms with E-state index in [9.17, 15) is 69.5 Å². The summed E-state index contributed by atoms with van der Waals surface area (Å²) >= 11 is 1.21. The molecule has 2 unspecified atom stereocenters. The average molecular weight is 1020 g/mol. The number of aliphatic carboxylic acids is 4. The number of carboxylic acid groups (broad SMARTS) is 4. The van der Waals surface area contributed by atoms with Gasteiger partial charge < -0.3 is 57.9 Å². The van der Waals surface area contributed by atoms with Crippen LogP contribution in [0.5, 0.6) is 5.88 Å². The topological polar surface area (TPSA) is 395 Å². The van der Waals surface area contributed by atoms with Crippen molar-refractivity contribution in [2.45, 2.75) is 92.2 Å². The number of hydrogen-bond acceptors (Lipinski definition) is 18. The zero-order chi connectivity index (χ0) is 51.4. The summed E-state index contributed by atoms with van der Waals surface area (Å²) in [6, 6.07) is -4.50. The lowest BCUT2D eigenvalue weighted by atomic mass is 10.1.